The Labute approximate surface area is 152 Å². The second-order valence-electron chi connectivity index (χ2n) is 7.01. The lowest BCUT2D eigenvalue weighted by Crippen LogP contribution is -2.41. The van der Waals surface area contributed by atoms with Gasteiger partial charge in [0.05, 0.1) is 24.6 Å². The molecule has 3 heterocycles. The molecule has 0 saturated carbocycles. The van der Waals surface area contributed by atoms with E-state index in [4.69, 9.17) is 9.47 Å². The van der Waals surface area contributed by atoms with Crippen LogP contribution in [0.5, 0.6) is 0 Å². The number of likely N-dealkylation sites (tertiary alicyclic amines) is 1. The van der Waals surface area contributed by atoms with E-state index in [1.807, 2.05) is 43.0 Å². The number of benzene rings is 1. The van der Waals surface area contributed by atoms with Crippen LogP contribution in [0, 0.1) is 19.8 Å². The van der Waals surface area contributed by atoms with Crippen LogP contribution in [0.25, 0.3) is 5.69 Å². The van der Waals surface area contributed by atoms with Crippen molar-refractivity contribution in [2.24, 2.45) is 5.92 Å². The molecule has 26 heavy (non-hydrogen) atoms. The van der Waals surface area contributed by atoms with Gasteiger partial charge in [0, 0.05) is 19.0 Å². The molecule has 2 aliphatic heterocycles. The molecular formula is C19H24N4O3. The van der Waals surface area contributed by atoms with Crippen molar-refractivity contribution in [1.82, 2.24) is 19.9 Å². The first kappa shape index (κ1) is 17.2. The van der Waals surface area contributed by atoms with Crippen molar-refractivity contribution in [3.05, 3.63) is 41.2 Å². The fourth-order valence-electron chi connectivity index (χ4n) is 3.63. The zero-order chi connectivity index (χ0) is 18.1. The molecule has 4 rings (SSSR count). The summed E-state index contributed by atoms with van der Waals surface area (Å²) >= 11 is 0. The van der Waals surface area contributed by atoms with E-state index in [0.717, 1.165) is 24.2 Å². The maximum Gasteiger partial charge on any atom is 0.276 e. The lowest BCUT2D eigenvalue weighted by molar-refractivity contribution is -0.0956. The monoisotopic (exact) mass is 356 g/mol. The number of aryl methyl sites for hydroxylation is 1. The highest BCUT2D eigenvalue weighted by Gasteiger charge is 2.33. The first-order valence-corrected chi connectivity index (χ1v) is 9.15. The quantitative estimate of drug-likeness (QED) is 0.842. The van der Waals surface area contributed by atoms with Crippen molar-refractivity contribution < 1.29 is 14.3 Å². The summed E-state index contributed by atoms with van der Waals surface area (Å²) in [5.41, 5.74) is 3.29. The van der Waals surface area contributed by atoms with E-state index in [9.17, 15) is 4.79 Å². The van der Waals surface area contributed by atoms with Crippen LogP contribution in [0.15, 0.2) is 24.3 Å². The van der Waals surface area contributed by atoms with Crippen molar-refractivity contribution >= 4 is 5.91 Å². The summed E-state index contributed by atoms with van der Waals surface area (Å²) in [6.45, 7) is 6.67. The number of piperidine rings is 1. The highest BCUT2D eigenvalue weighted by molar-refractivity contribution is 5.93. The van der Waals surface area contributed by atoms with Gasteiger partial charge in [-0.1, -0.05) is 22.9 Å². The van der Waals surface area contributed by atoms with Crippen molar-refractivity contribution in [3.8, 4) is 5.69 Å². The van der Waals surface area contributed by atoms with Crippen molar-refractivity contribution in [1.29, 1.82) is 0 Å². The minimum Gasteiger partial charge on any atom is -0.350 e. The molecule has 7 nitrogen and oxygen atoms in total. The van der Waals surface area contributed by atoms with Gasteiger partial charge in [0.25, 0.3) is 5.91 Å². The smallest absolute Gasteiger partial charge is 0.276 e. The van der Waals surface area contributed by atoms with Crippen LogP contribution in [-0.4, -0.2) is 58.4 Å². The van der Waals surface area contributed by atoms with Gasteiger partial charge in [0.15, 0.2) is 12.0 Å². The largest absolute Gasteiger partial charge is 0.350 e. The molecular weight excluding hydrogens is 332 g/mol. The number of aromatic nitrogens is 3. The molecule has 2 aromatic rings. The van der Waals surface area contributed by atoms with E-state index >= 15 is 0 Å². The number of nitrogens with zero attached hydrogens (tertiary/aromatic N) is 4. The zero-order valence-electron chi connectivity index (χ0n) is 15.2. The number of ether oxygens (including phenoxy) is 2. The zero-order valence-corrected chi connectivity index (χ0v) is 15.2. The van der Waals surface area contributed by atoms with Crippen molar-refractivity contribution in [2.75, 3.05) is 26.3 Å². The van der Waals surface area contributed by atoms with Crippen LogP contribution in [0.1, 0.15) is 34.6 Å². The summed E-state index contributed by atoms with van der Waals surface area (Å²) in [5.74, 6) is 0.318. The second-order valence-corrected chi connectivity index (χ2v) is 7.01. The standard InChI is InChI=1S/C19H24N4O3/c1-13-3-5-16(6-4-13)23-14(2)17(20-21-23)18(24)22-9-7-15(8-10-22)19-25-11-12-26-19/h3-6,15,19H,7-12H2,1-2H3. The predicted molar refractivity (Wildman–Crippen MR) is 95.2 cm³/mol. The van der Waals surface area contributed by atoms with E-state index in [1.165, 1.54) is 5.56 Å². The molecule has 0 N–H and O–H groups in total. The van der Waals surface area contributed by atoms with Crippen molar-refractivity contribution in [3.63, 3.8) is 0 Å². The fraction of sp³-hybridized carbons (Fsp3) is 0.526. The Hall–Kier alpha value is -2.25. The third-order valence-corrected chi connectivity index (χ3v) is 5.23. The lowest BCUT2D eigenvalue weighted by Gasteiger charge is -2.33. The highest BCUT2D eigenvalue weighted by Crippen LogP contribution is 2.26. The minimum absolute atomic E-state index is 0.0485. The Morgan fingerprint density at radius 3 is 2.38 bits per heavy atom. The third-order valence-electron chi connectivity index (χ3n) is 5.23. The Balaban J connectivity index is 1.45. The molecule has 0 radical (unpaired) electrons. The molecule has 7 heteroatoms. The van der Waals surface area contributed by atoms with Crippen LogP contribution in [0.3, 0.4) is 0 Å². The van der Waals surface area contributed by atoms with Gasteiger partial charge in [-0.15, -0.1) is 5.10 Å². The normalized spacial score (nSPS) is 19.2. The average Bonchev–Trinajstić information content (AvgIpc) is 3.32. The third kappa shape index (κ3) is 3.24. The van der Waals surface area contributed by atoms with Gasteiger partial charge in [-0.3, -0.25) is 4.79 Å². The summed E-state index contributed by atoms with van der Waals surface area (Å²) in [6.07, 6.45) is 1.68. The molecule has 2 saturated heterocycles. The number of amides is 1. The summed E-state index contributed by atoms with van der Waals surface area (Å²) in [5, 5.41) is 8.35. The molecule has 0 spiro atoms. The van der Waals surface area contributed by atoms with E-state index < -0.39 is 0 Å². The second kappa shape index (κ2) is 7.17. The first-order valence-electron chi connectivity index (χ1n) is 9.15. The van der Waals surface area contributed by atoms with Gasteiger partial charge in [0.1, 0.15) is 0 Å². The van der Waals surface area contributed by atoms with E-state index in [0.29, 0.717) is 37.9 Å². The minimum atomic E-state index is -0.101. The van der Waals surface area contributed by atoms with Crippen LogP contribution in [0.2, 0.25) is 0 Å². The Bertz CT molecular complexity index is 773. The molecule has 1 aromatic heterocycles. The molecule has 0 bridgehead atoms. The van der Waals surface area contributed by atoms with Gasteiger partial charge >= 0.3 is 0 Å². The molecule has 0 aliphatic carbocycles. The average molecular weight is 356 g/mol. The number of carbonyl (C=O) groups is 1. The number of hydrogen-bond acceptors (Lipinski definition) is 5. The van der Waals surface area contributed by atoms with Crippen LogP contribution in [-0.2, 0) is 9.47 Å². The highest BCUT2D eigenvalue weighted by atomic mass is 16.7. The predicted octanol–water partition coefficient (Wildman–Crippen LogP) is 2.11. The molecule has 2 aliphatic rings. The van der Waals surface area contributed by atoms with E-state index in [-0.39, 0.29) is 12.2 Å². The van der Waals surface area contributed by atoms with Crippen molar-refractivity contribution in [2.45, 2.75) is 33.0 Å². The van der Waals surface area contributed by atoms with Gasteiger partial charge in [0.2, 0.25) is 0 Å². The van der Waals surface area contributed by atoms with Gasteiger partial charge < -0.3 is 14.4 Å². The van der Waals surface area contributed by atoms with E-state index in [2.05, 4.69) is 10.3 Å². The summed E-state index contributed by atoms with van der Waals surface area (Å²) < 4.78 is 12.9. The summed E-state index contributed by atoms with van der Waals surface area (Å²) in [7, 11) is 0. The maximum atomic E-state index is 12.9. The SMILES string of the molecule is Cc1ccc(-n2nnc(C(=O)N3CCC(C4OCCO4)CC3)c2C)cc1. The van der Waals surface area contributed by atoms with E-state index in [1.54, 1.807) is 4.68 Å². The molecule has 0 atom stereocenters. The topological polar surface area (TPSA) is 69.5 Å². The number of hydrogen-bond donors (Lipinski definition) is 0. The van der Waals surface area contributed by atoms with Gasteiger partial charge in [-0.2, -0.15) is 0 Å². The van der Waals surface area contributed by atoms with Gasteiger partial charge in [-0.05, 0) is 38.8 Å². The number of carbonyl (C=O) groups excluding carboxylic acids is 1. The molecule has 0 unspecified atom stereocenters. The van der Waals surface area contributed by atoms with Crippen LogP contribution < -0.4 is 0 Å². The Morgan fingerprint density at radius 1 is 1.08 bits per heavy atom. The molecule has 1 amide bonds. The first-order chi connectivity index (χ1) is 12.6. The lowest BCUT2D eigenvalue weighted by atomic mass is 9.96. The maximum absolute atomic E-state index is 12.9. The summed E-state index contributed by atoms with van der Waals surface area (Å²) in [4.78, 5) is 14.8. The Kier molecular flexibility index (Phi) is 4.74. The Morgan fingerprint density at radius 2 is 1.73 bits per heavy atom. The van der Waals surface area contributed by atoms with Crippen LogP contribution in [0.4, 0.5) is 0 Å². The van der Waals surface area contributed by atoms with Gasteiger partial charge in [-0.25, -0.2) is 4.68 Å². The summed E-state index contributed by atoms with van der Waals surface area (Å²) in [6, 6.07) is 8.02. The van der Waals surface area contributed by atoms with Crippen LogP contribution >= 0.6 is 0 Å². The molecule has 1 aromatic carbocycles. The fourth-order valence-corrected chi connectivity index (χ4v) is 3.63. The molecule has 138 valence electrons. The number of rotatable bonds is 3. The molecule has 2 fully saturated rings.